The summed E-state index contributed by atoms with van der Waals surface area (Å²) in [7, 11) is 1.81. The monoisotopic (exact) mass is 409 g/mol. The molecule has 0 aliphatic heterocycles. The number of nitrogens with one attached hydrogen (secondary N) is 1. The summed E-state index contributed by atoms with van der Waals surface area (Å²) in [4.78, 5) is 17.2. The Hall–Kier alpha value is -3.15. The van der Waals surface area contributed by atoms with E-state index in [2.05, 4.69) is 24.1 Å². The highest BCUT2D eigenvalue weighted by Gasteiger charge is 2.26. The van der Waals surface area contributed by atoms with Gasteiger partial charge in [-0.2, -0.15) is 0 Å². The summed E-state index contributed by atoms with van der Waals surface area (Å²) in [6.07, 6.45) is 2.62. The standard InChI is InChI=1S/C24H28FN3O2/c1-15(2)19-11-10-18(14-16(19)3)30-17(4)24(29)27-22(23-26-12-13-28(23)5)20-8-6-7-9-21(20)25/h6-15,17,22H,1-5H3,(H,27,29)/t17-,22+/m0/s1. The Kier molecular flexibility index (Phi) is 6.55. The van der Waals surface area contributed by atoms with Crippen LogP contribution in [0.1, 0.15) is 55.2 Å². The number of nitrogens with zero attached hydrogens (tertiary/aromatic N) is 2. The largest absolute Gasteiger partial charge is 0.481 e. The van der Waals surface area contributed by atoms with E-state index in [0.717, 1.165) is 5.56 Å². The van der Waals surface area contributed by atoms with Gasteiger partial charge in [-0.25, -0.2) is 9.37 Å². The van der Waals surface area contributed by atoms with E-state index in [1.54, 1.807) is 49.1 Å². The van der Waals surface area contributed by atoms with Crippen LogP contribution in [0.2, 0.25) is 0 Å². The molecule has 0 saturated heterocycles. The van der Waals surface area contributed by atoms with Gasteiger partial charge in [-0.15, -0.1) is 0 Å². The van der Waals surface area contributed by atoms with Crippen LogP contribution in [0.25, 0.3) is 0 Å². The molecular formula is C24H28FN3O2. The van der Waals surface area contributed by atoms with Gasteiger partial charge in [-0.1, -0.05) is 38.1 Å². The summed E-state index contributed by atoms with van der Waals surface area (Å²) in [6.45, 7) is 7.99. The molecule has 0 unspecified atom stereocenters. The van der Waals surface area contributed by atoms with Gasteiger partial charge in [0.05, 0.1) is 0 Å². The van der Waals surface area contributed by atoms with Gasteiger partial charge in [0.1, 0.15) is 23.4 Å². The van der Waals surface area contributed by atoms with E-state index < -0.39 is 18.0 Å². The van der Waals surface area contributed by atoms with Crippen LogP contribution in [0, 0.1) is 12.7 Å². The van der Waals surface area contributed by atoms with Crippen molar-refractivity contribution in [2.45, 2.75) is 45.8 Å². The highest BCUT2D eigenvalue weighted by Crippen LogP contribution is 2.25. The number of benzene rings is 2. The first-order valence-electron chi connectivity index (χ1n) is 10.1. The lowest BCUT2D eigenvalue weighted by Gasteiger charge is -2.22. The molecule has 6 heteroatoms. The van der Waals surface area contributed by atoms with Crippen molar-refractivity contribution in [3.05, 3.63) is 83.2 Å². The summed E-state index contributed by atoms with van der Waals surface area (Å²) < 4.78 is 22.1. The van der Waals surface area contributed by atoms with Gasteiger partial charge < -0.3 is 14.6 Å². The maximum absolute atomic E-state index is 14.5. The third kappa shape index (κ3) is 4.70. The van der Waals surface area contributed by atoms with Crippen LogP contribution >= 0.6 is 0 Å². The molecule has 2 atom stereocenters. The maximum atomic E-state index is 14.5. The van der Waals surface area contributed by atoms with E-state index >= 15 is 0 Å². The molecule has 1 heterocycles. The minimum atomic E-state index is -0.760. The summed E-state index contributed by atoms with van der Waals surface area (Å²) in [6, 6.07) is 11.5. The Morgan fingerprint density at radius 2 is 1.87 bits per heavy atom. The third-order valence-corrected chi connectivity index (χ3v) is 5.16. The van der Waals surface area contributed by atoms with Gasteiger partial charge in [0.25, 0.3) is 5.91 Å². The predicted octanol–water partition coefficient (Wildman–Crippen LogP) is 4.66. The van der Waals surface area contributed by atoms with Gasteiger partial charge in [0, 0.05) is 25.0 Å². The van der Waals surface area contributed by atoms with Gasteiger partial charge in [0.2, 0.25) is 0 Å². The molecule has 3 aromatic rings. The quantitative estimate of drug-likeness (QED) is 0.617. The van der Waals surface area contributed by atoms with Crippen LogP contribution in [0.15, 0.2) is 54.9 Å². The highest BCUT2D eigenvalue weighted by atomic mass is 19.1. The maximum Gasteiger partial charge on any atom is 0.261 e. The molecule has 5 nitrogen and oxygen atoms in total. The molecule has 0 bridgehead atoms. The molecule has 0 saturated carbocycles. The second kappa shape index (κ2) is 9.11. The van der Waals surface area contributed by atoms with Crippen molar-refractivity contribution < 1.29 is 13.9 Å². The Labute approximate surface area is 176 Å². The topological polar surface area (TPSA) is 56.1 Å². The van der Waals surface area contributed by atoms with Gasteiger partial charge in [0.15, 0.2) is 6.10 Å². The van der Waals surface area contributed by atoms with Crippen molar-refractivity contribution in [2.24, 2.45) is 7.05 Å². The molecule has 3 rings (SSSR count). The number of aryl methyl sites for hydroxylation is 2. The van der Waals surface area contributed by atoms with E-state index in [1.807, 2.05) is 25.1 Å². The van der Waals surface area contributed by atoms with Crippen molar-refractivity contribution >= 4 is 5.91 Å². The van der Waals surface area contributed by atoms with E-state index in [-0.39, 0.29) is 5.91 Å². The second-order valence-corrected chi connectivity index (χ2v) is 7.79. The van der Waals surface area contributed by atoms with Gasteiger partial charge in [-0.3, -0.25) is 4.79 Å². The first-order chi connectivity index (χ1) is 14.3. The molecule has 158 valence electrons. The molecule has 2 aromatic carbocycles. The van der Waals surface area contributed by atoms with Crippen molar-refractivity contribution in [1.29, 1.82) is 0 Å². The molecule has 0 radical (unpaired) electrons. The summed E-state index contributed by atoms with van der Waals surface area (Å²) >= 11 is 0. The SMILES string of the molecule is Cc1cc(O[C@@H](C)C(=O)N[C@H](c2ccccc2F)c2nccn2C)ccc1C(C)C. The van der Waals surface area contributed by atoms with Gasteiger partial charge >= 0.3 is 0 Å². The van der Waals surface area contributed by atoms with Crippen LogP contribution < -0.4 is 10.1 Å². The predicted molar refractivity (Wildman–Crippen MR) is 115 cm³/mol. The lowest BCUT2D eigenvalue weighted by molar-refractivity contribution is -0.127. The first kappa shape index (κ1) is 21.6. The normalized spacial score (nSPS) is 13.2. The zero-order valence-corrected chi connectivity index (χ0v) is 18.0. The van der Waals surface area contributed by atoms with Crippen LogP contribution in [0.3, 0.4) is 0 Å². The minimum absolute atomic E-state index is 0.350. The Bertz CT molecular complexity index is 1030. The van der Waals surface area contributed by atoms with Crippen molar-refractivity contribution in [3.8, 4) is 5.75 Å². The molecule has 1 amide bonds. The van der Waals surface area contributed by atoms with E-state index in [0.29, 0.717) is 23.1 Å². The Morgan fingerprint density at radius 3 is 2.47 bits per heavy atom. The number of hydrogen-bond donors (Lipinski definition) is 1. The first-order valence-corrected chi connectivity index (χ1v) is 10.1. The van der Waals surface area contributed by atoms with Crippen LogP contribution in [0.4, 0.5) is 4.39 Å². The van der Waals surface area contributed by atoms with Gasteiger partial charge in [-0.05, 0) is 49.1 Å². The van der Waals surface area contributed by atoms with Crippen LogP contribution in [-0.2, 0) is 11.8 Å². The number of halogens is 1. The fraction of sp³-hybridized carbons (Fsp3) is 0.333. The van der Waals surface area contributed by atoms with E-state index in [9.17, 15) is 9.18 Å². The van der Waals surface area contributed by atoms with Crippen molar-refractivity contribution in [3.63, 3.8) is 0 Å². The summed E-state index contributed by atoms with van der Waals surface area (Å²) in [5.74, 6) is 0.826. The number of imidazole rings is 1. The van der Waals surface area contributed by atoms with Crippen LogP contribution in [0.5, 0.6) is 5.75 Å². The zero-order valence-electron chi connectivity index (χ0n) is 18.0. The number of aromatic nitrogens is 2. The van der Waals surface area contributed by atoms with E-state index in [4.69, 9.17) is 4.74 Å². The van der Waals surface area contributed by atoms with Crippen LogP contribution in [-0.4, -0.2) is 21.6 Å². The molecule has 0 aliphatic rings. The van der Waals surface area contributed by atoms with Crippen molar-refractivity contribution in [1.82, 2.24) is 14.9 Å². The fourth-order valence-corrected chi connectivity index (χ4v) is 3.53. The third-order valence-electron chi connectivity index (χ3n) is 5.16. The second-order valence-electron chi connectivity index (χ2n) is 7.79. The molecular weight excluding hydrogens is 381 g/mol. The van der Waals surface area contributed by atoms with Crippen molar-refractivity contribution in [2.75, 3.05) is 0 Å². The zero-order chi connectivity index (χ0) is 21.8. The number of ether oxygens (including phenoxy) is 1. The molecule has 1 N–H and O–H groups in total. The lowest BCUT2D eigenvalue weighted by atomic mass is 9.98. The molecule has 0 fully saturated rings. The molecule has 1 aromatic heterocycles. The molecule has 30 heavy (non-hydrogen) atoms. The number of carbonyl (C=O) groups excluding carboxylic acids is 1. The molecule has 0 spiro atoms. The number of carbonyl (C=O) groups is 1. The fourth-order valence-electron chi connectivity index (χ4n) is 3.53. The number of hydrogen-bond acceptors (Lipinski definition) is 3. The lowest BCUT2D eigenvalue weighted by Crippen LogP contribution is -2.40. The number of amides is 1. The minimum Gasteiger partial charge on any atom is -0.481 e. The smallest absolute Gasteiger partial charge is 0.261 e. The average molecular weight is 410 g/mol. The highest BCUT2D eigenvalue weighted by molar-refractivity contribution is 5.81. The summed E-state index contributed by atoms with van der Waals surface area (Å²) in [5.41, 5.74) is 2.71. The number of rotatable bonds is 7. The average Bonchev–Trinajstić information content (AvgIpc) is 3.12. The Morgan fingerprint density at radius 1 is 1.13 bits per heavy atom. The van der Waals surface area contributed by atoms with E-state index in [1.165, 1.54) is 11.6 Å². The summed E-state index contributed by atoms with van der Waals surface area (Å²) in [5, 5.41) is 2.89. The Balaban J connectivity index is 1.80. The molecule has 0 aliphatic carbocycles.